The molecule has 0 N–H and O–H groups in total. The van der Waals surface area contributed by atoms with Crippen molar-refractivity contribution in [1.82, 2.24) is 9.97 Å². The molecule has 0 aliphatic carbocycles. The fraction of sp³-hybridized carbons (Fsp3) is 0.267. The molecule has 1 aliphatic rings. The van der Waals surface area contributed by atoms with Crippen LogP contribution in [-0.4, -0.2) is 22.4 Å². The first-order valence-corrected chi connectivity index (χ1v) is 6.92. The molecule has 1 aromatic heterocycles. The smallest absolute Gasteiger partial charge is 0.227 e. The van der Waals surface area contributed by atoms with Gasteiger partial charge in [0.15, 0.2) is 0 Å². The number of nitrogens with zero attached hydrogens (tertiary/aromatic N) is 3. The van der Waals surface area contributed by atoms with Gasteiger partial charge in [-0.15, -0.1) is 0 Å². The van der Waals surface area contributed by atoms with Crippen LogP contribution in [0.4, 0.5) is 5.69 Å². The Morgan fingerprint density at radius 2 is 2.00 bits per heavy atom. The Bertz CT molecular complexity index is 655. The van der Waals surface area contributed by atoms with Crippen LogP contribution in [0.2, 0.25) is 5.28 Å². The van der Waals surface area contributed by atoms with Crippen molar-refractivity contribution < 1.29 is 4.79 Å². The normalized spacial score (nSPS) is 14.9. The Labute approximate surface area is 122 Å². The predicted octanol–water partition coefficient (Wildman–Crippen LogP) is 3.23. The number of anilines is 1. The maximum Gasteiger partial charge on any atom is 0.227 e. The zero-order valence-electron chi connectivity index (χ0n) is 11.1. The number of amides is 1. The lowest BCUT2D eigenvalue weighted by Crippen LogP contribution is -2.23. The molecule has 0 atom stereocenters. The third-order valence-electron chi connectivity index (χ3n) is 3.53. The van der Waals surface area contributed by atoms with Crippen LogP contribution in [0.1, 0.15) is 18.4 Å². The Morgan fingerprint density at radius 1 is 1.25 bits per heavy atom. The molecule has 0 radical (unpaired) electrons. The van der Waals surface area contributed by atoms with E-state index in [4.69, 9.17) is 11.6 Å². The minimum atomic E-state index is 0.201. The van der Waals surface area contributed by atoms with E-state index in [1.165, 1.54) is 0 Å². The Balaban J connectivity index is 1.95. The molecule has 3 rings (SSSR count). The number of aryl methyl sites for hydroxylation is 1. The maximum atomic E-state index is 11.8. The molecule has 0 spiro atoms. The molecule has 1 fully saturated rings. The number of hydrogen-bond acceptors (Lipinski definition) is 3. The lowest BCUT2D eigenvalue weighted by molar-refractivity contribution is -0.117. The minimum Gasteiger partial charge on any atom is -0.312 e. The van der Waals surface area contributed by atoms with Gasteiger partial charge in [0, 0.05) is 36.6 Å². The number of carbonyl (C=O) groups is 1. The van der Waals surface area contributed by atoms with E-state index in [-0.39, 0.29) is 11.2 Å². The monoisotopic (exact) mass is 287 g/mol. The van der Waals surface area contributed by atoms with Crippen molar-refractivity contribution in [3.8, 4) is 11.1 Å². The fourth-order valence-corrected chi connectivity index (χ4v) is 2.61. The predicted molar refractivity (Wildman–Crippen MR) is 78.8 cm³/mol. The highest BCUT2D eigenvalue weighted by atomic mass is 35.5. The summed E-state index contributed by atoms with van der Waals surface area (Å²) < 4.78 is 0. The Kier molecular flexibility index (Phi) is 3.40. The number of carbonyl (C=O) groups excluding carboxylic acids is 1. The molecule has 2 aromatic rings. The maximum absolute atomic E-state index is 11.8. The summed E-state index contributed by atoms with van der Waals surface area (Å²) >= 11 is 5.70. The summed E-state index contributed by atoms with van der Waals surface area (Å²) in [4.78, 5) is 21.6. The average Bonchev–Trinajstić information content (AvgIpc) is 2.86. The summed E-state index contributed by atoms with van der Waals surface area (Å²) in [6, 6.07) is 6.01. The van der Waals surface area contributed by atoms with Gasteiger partial charge >= 0.3 is 0 Å². The fourth-order valence-electron chi connectivity index (χ4n) is 2.51. The Hall–Kier alpha value is -1.94. The first-order valence-electron chi connectivity index (χ1n) is 6.54. The van der Waals surface area contributed by atoms with Gasteiger partial charge in [-0.25, -0.2) is 9.97 Å². The first-order chi connectivity index (χ1) is 9.65. The summed E-state index contributed by atoms with van der Waals surface area (Å²) in [5.74, 6) is 0.201. The van der Waals surface area contributed by atoms with Crippen molar-refractivity contribution in [2.75, 3.05) is 11.4 Å². The van der Waals surface area contributed by atoms with Crippen molar-refractivity contribution in [1.29, 1.82) is 0 Å². The lowest BCUT2D eigenvalue weighted by Gasteiger charge is -2.17. The van der Waals surface area contributed by atoms with Crippen LogP contribution in [0.25, 0.3) is 11.1 Å². The van der Waals surface area contributed by atoms with Crippen LogP contribution in [0.3, 0.4) is 0 Å². The quantitative estimate of drug-likeness (QED) is 0.797. The van der Waals surface area contributed by atoms with E-state index in [1.54, 1.807) is 12.4 Å². The summed E-state index contributed by atoms with van der Waals surface area (Å²) in [5, 5.41) is 0.241. The number of benzene rings is 1. The van der Waals surface area contributed by atoms with Crippen molar-refractivity contribution >= 4 is 23.2 Å². The topological polar surface area (TPSA) is 46.1 Å². The lowest BCUT2D eigenvalue weighted by atomic mass is 10.0. The second-order valence-corrected chi connectivity index (χ2v) is 5.23. The molecule has 1 aliphatic heterocycles. The van der Waals surface area contributed by atoms with E-state index < -0.39 is 0 Å². The largest absolute Gasteiger partial charge is 0.312 e. The molecule has 4 nitrogen and oxygen atoms in total. The zero-order valence-corrected chi connectivity index (χ0v) is 11.9. The highest BCUT2D eigenvalue weighted by Gasteiger charge is 2.22. The number of rotatable bonds is 2. The molecule has 20 heavy (non-hydrogen) atoms. The van der Waals surface area contributed by atoms with Crippen molar-refractivity contribution in [2.45, 2.75) is 19.8 Å². The third kappa shape index (κ3) is 2.39. The van der Waals surface area contributed by atoms with Gasteiger partial charge in [0.05, 0.1) is 0 Å². The van der Waals surface area contributed by atoms with Gasteiger partial charge in [-0.3, -0.25) is 4.79 Å². The van der Waals surface area contributed by atoms with Crippen molar-refractivity contribution in [3.63, 3.8) is 0 Å². The standard InChI is InChI=1S/C15H14ClN3O/c1-10-7-12(19-6-2-3-14(19)20)4-5-13(10)11-8-17-15(16)18-9-11/h4-5,7-9H,2-3,6H2,1H3. The zero-order chi connectivity index (χ0) is 14.1. The molecule has 5 heteroatoms. The van der Waals surface area contributed by atoms with Gasteiger partial charge in [-0.2, -0.15) is 0 Å². The molecule has 0 bridgehead atoms. The molecule has 1 amide bonds. The Morgan fingerprint density at radius 3 is 2.60 bits per heavy atom. The van der Waals surface area contributed by atoms with Gasteiger partial charge in [-0.1, -0.05) is 6.07 Å². The van der Waals surface area contributed by atoms with Gasteiger partial charge < -0.3 is 4.90 Å². The molecular weight excluding hydrogens is 274 g/mol. The van der Waals surface area contributed by atoms with Gasteiger partial charge in [0.1, 0.15) is 0 Å². The van der Waals surface area contributed by atoms with Crippen LogP contribution in [0.5, 0.6) is 0 Å². The van der Waals surface area contributed by atoms with Crippen LogP contribution in [-0.2, 0) is 4.79 Å². The second-order valence-electron chi connectivity index (χ2n) is 4.89. The number of aromatic nitrogens is 2. The summed E-state index contributed by atoms with van der Waals surface area (Å²) in [6.07, 6.45) is 4.99. The molecule has 102 valence electrons. The van der Waals surface area contributed by atoms with Crippen molar-refractivity contribution in [2.24, 2.45) is 0 Å². The summed E-state index contributed by atoms with van der Waals surface area (Å²) in [6.45, 7) is 2.83. The summed E-state index contributed by atoms with van der Waals surface area (Å²) in [5.41, 5.74) is 4.03. The van der Waals surface area contributed by atoms with Crippen LogP contribution in [0, 0.1) is 6.92 Å². The highest BCUT2D eigenvalue weighted by Crippen LogP contribution is 2.29. The molecular formula is C15H14ClN3O. The van der Waals surface area contributed by atoms with Crippen LogP contribution < -0.4 is 4.90 Å². The molecule has 1 aromatic carbocycles. The second kappa shape index (κ2) is 5.21. The van der Waals surface area contributed by atoms with E-state index >= 15 is 0 Å². The van der Waals surface area contributed by atoms with Gasteiger partial charge in [0.25, 0.3) is 0 Å². The van der Waals surface area contributed by atoms with Gasteiger partial charge in [-0.05, 0) is 48.2 Å². The number of hydrogen-bond donors (Lipinski definition) is 0. The highest BCUT2D eigenvalue weighted by molar-refractivity contribution is 6.28. The van der Waals surface area contributed by atoms with E-state index in [0.717, 1.165) is 35.3 Å². The first kappa shape index (κ1) is 13.1. The SMILES string of the molecule is Cc1cc(N2CCCC2=O)ccc1-c1cnc(Cl)nc1. The third-order valence-corrected chi connectivity index (χ3v) is 3.72. The number of halogens is 1. The molecule has 1 saturated heterocycles. The van der Waals surface area contributed by atoms with Crippen LogP contribution in [0.15, 0.2) is 30.6 Å². The van der Waals surface area contributed by atoms with Crippen molar-refractivity contribution in [3.05, 3.63) is 41.4 Å². The average molecular weight is 288 g/mol. The van der Waals surface area contributed by atoms with Crippen LogP contribution >= 0.6 is 11.6 Å². The molecule has 2 heterocycles. The van der Waals surface area contributed by atoms with Gasteiger partial charge in [0.2, 0.25) is 11.2 Å². The summed E-state index contributed by atoms with van der Waals surface area (Å²) in [7, 11) is 0. The molecule has 0 unspecified atom stereocenters. The van der Waals surface area contributed by atoms with E-state index in [9.17, 15) is 4.79 Å². The van der Waals surface area contributed by atoms with E-state index in [1.807, 2.05) is 30.0 Å². The molecule has 0 saturated carbocycles. The van der Waals surface area contributed by atoms with E-state index in [0.29, 0.717) is 6.42 Å². The van der Waals surface area contributed by atoms with E-state index in [2.05, 4.69) is 9.97 Å². The minimum absolute atomic E-state index is 0.201.